The summed E-state index contributed by atoms with van der Waals surface area (Å²) in [6.07, 6.45) is 9.93. The van der Waals surface area contributed by atoms with E-state index in [4.69, 9.17) is 40.6 Å². The van der Waals surface area contributed by atoms with Crippen molar-refractivity contribution in [1.82, 2.24) is 40.2 Å². The highest BCUT2D eigenvalue weighted by Gasteiger charge is 2.29. The van der Waals surface area contributed by atoms with Gasteiger partial charge in [-0.3, -0.25) is 4.79 Å². The van der Waals surface area contributed by atoms with Crippen molar-refractivity contribution in [3.63, 3.8) is 0 Å². The molecule has 14 bridgehead atoms. The first kappa shape index (κ1) is 31.4. The van der Waals surface area contributed by atoms with Gasteiger partial charge in [-0.15, -0.1) is 0 Å². The predicted molar refractivity (Wildman–Crippen MR) is 172 cm³/mol. The molecule has 0 saturated carbocycles. The Kier molecular flexibility index (Phi) is 7.87. The number of nitrogens with one attached hydrogen (secondary N) is 1. The zero-order valence-corrected chi connectivity index (χ0v) is 28.4. The Labute approximate surface area is 283 Å². The highest BCUT2D eigenvalue weighted by molar-refractivity contribution is 6.75. The number of hydrogen-bond acceptors (Lipinski definition) is 16. The summed E-state index contributed by atoms with van der Waals surface area (Å²) in [5.74, 6) is 1.15. The molecule has 1 aliphatic heterocycles. The molecule has 0 fully saturated rings. The van der Waals surface area contributed by atoms with Crippen LogP contribution in [0.5, 0.6) is 0 Å². The van der Waals surface area contributed by atoms with Crippen LogP contribution in [0.4, 0.5) is 0 Å². The Hall–Kier alpha value is -5.88. The van der Waals surface area contributed by atoms with Gasteiger partial charge in [-0.1, -0.05) is 33.0 Å². The van der Waals surface area contributed by atoms with Crippen LogP contribution in [0.25, 0.3) is 69.5 Å². The van der Waals surface area contributed by atoms with E-state index in [1.807, 2.05) is 0 Å². The number of fused-ring (bicyclic) bond motifs is 20. The highest BCUT2D eigenvalue weighted by Crippen LogP contribution is 2.34. The molecule has 256 valence electrons. The van der Waals surface area contributed by atoms with Crippen LogP contribution in [0.2, 0.25) is 19.6 Å². The number of carbonyl (C=O) groups excluding carboxylic acids is 1. The standard InChI is InChI=1S/C32H30N8O9Si/c1-5-6-7-42-8-17-26-35-19(11-44-26)28-37-20(12-45-28)29-38-22(14-47-29)31-40-24(23(49-31)15-50(2,3)4)32-39-21(13-48-32)30-36-18(10-46-30)27-34-16(9-43-27)25(41)33-17/h9-14,17H,5-8,15H2,1-4H3,(H,33,41). The number of carbonyl (C=O) groups is 1. The molecule has 8 rings (SSSR count). The summed E-state index contributed by atoms with van der Waals surface area (Å²) in [7, 11) is -1.70. The van der Waals surface area contributed by atoms with Gasteiger partial charge >= 0.3 is 0 Å². The minimum Gasteiger partial charge on any atom is -0.446 e. The van der Waals surface area contributed by atoms with Gasteiger partial charge in [0.05, 0.1) is 14.7 Å². The Morgan fingerprint density at radius 3 is 1.76 bits per heavy atom. The van der Waals surface area contributed by atoms with Crippen molar-refractivity contribution in [2.45, 2.75) is 51.5 Å². The Morgan fingerprint density at radius 1 is 0.660 bits per heavy atom. The number of unbranched alkanes of at least 4 members (excludes halogenated alkanes) is 1. The van der Waals surface area contributed by atoms with E-state index in [9.17, 15) is 4.79 Å². The van der Waals surface area contributed by atoms with Crippen LogP contribution in [-0.2, 0) is 10.8 Å². The second kappa shape index (κ2) is 12.5. The molecule has 1 atom stereocenters. The molecular weight excluding hydrogens is 668 g/mol. The van der Waals surface area contributed by atoms with Crippen LogP contribution in [0.3, 0.4) is 0 Å². The van der Waals surface area contributed by atoms with Crippen LogP contribution in [0.1, 0.15) is 47.9 Å². The fraction of sp³-hybridized carbons (Fsp3) is 0.312. The lowest BCUT2D eigenvalue weighted by Gasteiger charge is -2.15. The van der Waals surface area contributed by atoms with E-state index in [0.717, 1.165) is 12.8 Å². The molecule has 0 aliphatic carbocycles. The number of amides is 1. The van der Waals surface area contributed by atoms with Gasteiger partial charge in [0.2, 0.25) is 41.2 Å². The average Bonchev–Trinajstić information content (AvgIpc) is 3.93. The van der Waals surface area contributed by atoms with Gasteiger partial charge in [-0.05, 0) is 6.42 Å². The third-order valence-electron chi connectivity index (χ3n) is 7.49. The first-order chi connectivity index (χ1) is 24.2. The summed E-state index contributed by atoms with van der Waals surface area (Å²) in [6.45, 7) is 9.26. The van der Waals surface area contributed by atoms with Crippen LogP contribution >= 0.6 is 0 Å². The average molecular weight is 699 g/mol. The number of aromatic nitrogens is 7. The van der Waals surface area contributed by atoms with Crippen molar-refractivity contribution in [3.8, 4) is 69.5 Å². The van der Waals surface area contributed by atoms with Crippen molar-refractivity contribution in [3.05, 3.63) is 54.9 Å². The predicted octanol–water partition coefficient (Wildman–Crippen LogP) is 6.63. The highest BCUT2D eigenvalue weighted by atomic mass is 28.3. The fourth-order valence-electron chi connectivity index (χ4n) is 5.08. The second-order valence-corrected chi connectivity index (χ2v) is 18.2. The number of nitrogens with zero attached hydrogens (tertiary/aromatic N) is 7. The largest absolute Gasteiger partial charge is 0.446 e. The summed E-state index contributed by atoms with van der Waals surface area (Å²) < 4.78 is 46.4. The molecular formula is C32H30N8O9Si. The lowest BCUT2D eigenvalue weighted by molar-refractivity contribution is 0.0790. The topological polar surface area (TPSA) is 221 Å². The monoisotopic (exact) mass is 698 g/mol. The molecule has 18 heteroatoms. The molecule has 50 heavy (non-hydrogen) atoms. The lowest BCUT2D eigenvalue weighted by Crippen LogP contribution is -2.32. The zero-order valence-electron chi connectivity index (χ0n) is 27.4. The first-order valence-corrected chi connectivity index (χ1v) is 19.5. The quantitative estimate of drug-likeness (QED) is 0.136. The fourth-order valence-corrected chi connectivity index (χ4v) is 6.28. The lowest BCUT2D eigenvalue weighted by atomic mass is 10.3. The third kappa shape index (κ3) is 6.21. The Morgan fingerprint density at radius 2 is 1.16 bits per heavy atom. The van der Waals surface area contributed by atoms with Crippen LogP contribution < -0.4 is 5.32 Å². The third-order valence-corrected chi connectivity index (χ3v) is 8.87. The van der Waals surface area contributed by atoms with Gasteiger partial charge < -0.3 is 41.0 Å². The first-order valence-electron chi connectivity index (χ1n) is 15.8. The molecule has 1 aliphatic rings. The molecule has 7 aromatic rings. The van der Waals surface area contributed by atoms with E-state index in [-0.39, 0.29) is 64.9 Å². The molecule has 1 amide bonds. The smallest absolute Gasteiger partial charge is 0.273 e. The van der Waals surface area contributed by atoms with E-state index >= 15 is 0 Å². The molecule has 1 unspecified atom stereocenters. The number of hydrogen-bond donors (Lipinski definition) is 1. The summed E-state index contributed by atoms with van der Waals surface area (Å²) in [5, 5.41) is 2.86. The van der Waals surface area contributed by atoms with Crippen molar-refractivity contribution in [2.24, 2.45) is 0 Å². The maximum absolute atomic E-state index is 13.3. The summed E-state index contributed by atoms with van der Waals surface area (Å²) >= 11 is 0. The Bertz CT molecular complexity index is 2280. The molecule has 0 saturated heterocycles. The molecule has 7 aromatic heterocycles. The SMILES string of the molecule is CCCCOCC1NC(=O)c2coc(n2)-c2coc(n2)-c2coc(n2)-c2nc(oc2C[Si](C)(C)C)-c2coc(n2)-c2coc(n2)-c2coc1n2. The molecule has 1 N–H and O–H groups in total. The normalized spacial score (nSPS) is 14.5. The minimum absolute atomic E-state index is 0.00695. The van der Waals surface area contributed by atoms with Crippen LogP contribution in [0, 0.1) is 0 Å². The van der Waals surface area contributed by atoms with Gasteiger partial charge in [-0.2, -0.15) is 0 Å². The van der Waals surface area contributed by atoms with E-state index < -0.39 is 20.0 Å². The molecule has 0 aromatic carbocycles. The number of ether oxygens (including phenoxy) is 1. The summed E-state index contributed by atoms with van der Waals surface area (Å²) in [6, 6.07) is -0.127. The van der Waals surface area contributed by atoms with E-state index in [0.29, 0.717) is 41.2 Å². The van der Waals surface area contributed by atoms with Crippen molar-refractivity contribution >= 4 is 14.0 Å². The van der Waals surface area contributed by atoms with Gasteiger partial charge in [0, 0.05) is 12.7 Å². The van der Waals surface area contributed by atoms with Crippen molar-refractivity contribution in [2.75, 3.05) is 13.2 Å². The van der Waals surface area contributed by atoms with Crippen molar-refractivity contribution in [1.29, 1.82) is 0 Å². The van der Waals surface area contributed by atoms with E-state index in [1.165, 1.54) is 37.6 Å². The van der Waals surface area contributed by atoms with Crippen LogP contribution in [0.15, 0.2) is 68.5 Å². The van der Waals surface area contributed by atoms with Crippen molar-refractivity contribution < 1.29 is 40.5 Å². The van der Waals surface area contributed by atoms with Gasteiger partial charge in [0.15, 0.2) is 39.9 Å². The zero-order chi connectivity index (χ0) is 34.4. The minimum atomic E-state index is -1.70. The number of oxazole rings is 7. The van der Waals surface area contributed by atoms with Gasteiger partial charge in [0.1, 0.15) is 49.4 Å². The molecule has 17 nitrogen and oxygen atoms in total. The maximum atomic E-state index is 13.3. The van der Waals surface area contributed by atoms with E-state index in [2.05, 4.69) is 61.8 Å². The van der Waals surface area contributed by atoms with Crippen LogP contribution in [-0.4, -0.2) is 62.1 Å². The van der Waals surface area contributed by atoms with Gasteiger partial charge in [0.25, 0.3) is 5.91 Å². The van der Waals surface area contributed by atoms with E-state index in [1.54, 1.807) is 0 Å². The number of rotatable bonds is 7. The maximum Gasteiger partial charge on any atom is 0.273 e. The van der Waals surface area contributed by atoms with Gasteiger partial charge in [-0.25, -0.2) is 34.9 Å². The molecule has 0 spiro atoms. The Balaban J connectivity index is 1.20. The summed E-state index contributed by atoms with van der Waals surface area (Å²) in [4.78, 5) is 45.0. The second-order valence-electron chi connectivity index (χ2n) is 12.7. The molecule has 8 heterocycles. The summed E-state index contributed by atoms with van der Waals surface area (Å²) in [5.41, 5.74) is 1.87. The molecule has 0 radical (unpaired) electrons.